The summed E-state index contributed by atoms with van der Waals surface area (Å²) in [5, 5.41) is 0. The van der Waals surface area contributed by atoms with Gasteiger partial charge in [0.05, 0.1) is 6.61 Å². The highest BCUT2D eigenvalue weighted by atomic mass is 32.2. The Balaban J connectivity index is 3.00. The summed E-state index contributed by atoms with van der Waals surface area (Å²) in [7, 11) is 2.01. The van der Waals surface area contributed by atoms with E-state index in [-0.39, 0.29) is 12.0 Å². The van der Waals surface area contributed by atoms with Gasteiger partial charge in [-0.1, -0.05) is 37.3 Å². The highest BCUT2D eigenvalue weighted by Gasteiger charge is 2.30. The molecule has 0 radical (unpaired) electrons. The molecule has 0 aliphatic heterocycles. The zero-order valence-electron chi connectivity index (χ0n) is 12.8. The lowest BCUT2D eigenvalue weighted by molar-refractivity contribution is -0.150. The molecule has 0 bridgehead atoms. The maximum absolute atomic E-state index is 12.3. The average molecular weight is 295 g/mol. The van der Waals surface area contributed by atoms with E-state index in [2.05, 4.69) is 18.1 Å². The van der Waals surface area contributed by atoms with Crippen LogP contribution in [0.1, 0.15) is 31.9 Å². The molecule has 0 aliphatic rings. The van der Waals surface area contributed by atoms with Crippen LogP contribution in [0.25, 0.3) is 0 Å². The summed E-state index contributed by atoms with van der Waals surface area (Å²) in [5.41, 5.74) is 0.994. The van der Waals surface area contributed by atoms with E-state index >= 15 is 0 Å². The van der Waals surface area contributed by atoms with Crippen LogP contribution in [-0.4, -0.2) is 42.6 Å². The minimum absolute atomic E-state index is 0.166. The van der Waals surface area contributed by atoms with Crippen molar-refractivity contribution < 1.29 is 9.53 Å². The van der Waals surface area contributed by atoms with Gasteiger partial charge in [0, 0.05) is 11.8 Å². The van der Waals surface area contributed by atoms with Crippen molar-refractivity contribution in [2.45, 2.75) is 32.4 Å². The second-order valence-electron chi connectivity index (χ2n) is 4.75. The first-order valence-electron chi connectivity index (χ1n) is 7.08. The average Bonchev–Trinajstić information content (AvgIpc) is 2.46. The van der Waals surface area contributed by atoms with E-state index in [0.29, 0.717) is 12.6 Å². The normalized spacial score (nSPS) is 14.1. The molecular weight excluding hydrogens is 270 g/mol. The van der Waals surface area contributed by atoms with Crippen LogP contribution in [-0.2, 0) is 9.53 Å². The summed E-state index contributed by atoms with van der Waals surface area (Å²) < 4.78 is 5.26. The summed E-state index contributed by atoms with van der Waals surface area (Å²) in [4.78, 5) is 14.5. The Morgan fingerprint density at radius 1 is 1.30 bits per heavy atom. The zero-order chi connectivity index (χ0) is 15.0. The molecule has 2 unspecified atom stereocenters. The Morgan fingerprint density at radius 3 is 2.45 bits per heavy atom. The summed E-state index contributed by atoms with van der Waals surface area (Å²) in [6, 6.07) is 9.90. The first-order chi connectivity index (χ1) is 9.65. The number of hydrogen-bond acceptors (Lipinski definition) is 4. The molecule has 1 rings (SSSR count). The first kappa shape index (κ1) is 17.1. The maximum atomic E-state index is 12.3. The monoisotopic (exact) mass is 295 g/mol. The van der Waals surface area contributed by atoms with Crippen LogP contribution < -0.4 is 0 Å². The van der Waals surface area contributed by atoms with Crippen molar-refractivity contribution in [3.05, 3.63) is 35.9 Å². The molecule has 0 heterocycles. The van der Waals surface area contributed by atoms with E-state index in [1.807, 2.05) is 44.3 Å². The van der Waals surface area contributed by atoms with E-state index in [1.165, 1.54) is 0 Å². The molecule has 0 aliphatic carbocycles. The van der Waals surface area contributed by atoms with Crippen molar-refractivity contribution in [3.63, 3.8) is 0 Å². The van der Waals surface area contributed by atoms with Gasteiger partial charge in [0.1, 0.15) is 6.04 Å². The minimum Gasteiger partial charge on any atom is -0.465 e. The molecule has 1 aromatic carbocycles. The minimum atomic E-state index is -0.326. The van der Waals surface area contributed by atoms with Gasteiger partial charge in [0.15, 0.2) is 0 Å². The van der Waals surface area contributed by atoms with Crippen LogP contribution in [0.3, 0.4) is 0 Å². The number of hydrogen-bond donors (Lipinski definition) is 0. The molecule has 0 amide bonds. The molecule has 2 atom stereocenters. The lowest BCUT2D eigenvalue weighted by atomic mass is 10.0. The van der Waals surface area contributed by atoms with Crippen molar-refractivity contribution in [1.29, 1.82) is 0 Å². The topological polar surface area (TPSA) is 29.5 Å². The summed E-state index contributed by atoms with van der Waals surface area (Å²) in [5.74, 6) is 0.844. The van der Waals surface area contributed by atoms with Crippen LogP contribution in [0.4, 0.5) is 0 Å². The summed E-state index contributed by atoms with van der Waals surface area (Å²) >= 11 is 1.81. The number of benzene rings is 1. The second-order valence-corrected chi connectivity index (χ2v) is 5.66. The van der Waals surface area contributed by atoms with E-state index in [1.54, 1.807) is 11.8 Å². The lowest BCUT2D eigenvalue weighted by Crippen LogP contribution is -2.40. The fourth-order valence-electron chi connectivity index (χ4n) is 2.32. The molecule has 3 nitrogen and oxygen atoms in total. The highest BCUT2D eigenvalue weighted by molar-refractivity contribution is 7.98. The van der Waals surface area contributed by atoms with Gasteiger partial charge in [0.2, 0.25) is 0 Å². The van der Waals surface area contributed by atoms with Gasteiger partial charge >= 0.3 is 5.97 Å². The Morgan fingerprint density at radius 2 is 1.95 bits per heavy atom. The molecule has 0 aromatic heterocycles. The predicted octanol–water partition coefficient (Wildman–Crippen LogP) is 3.36. The van der Waals surface area contributed by atoms with Gasteiger partial charge < -0.3 is 4.74 Å². The SMILES string of the molecule is CCOC(=O)C(c1ccccc1)N(C)C(CC)CSC. The van der Waals surface area contributed by atoms with Crippen molar-refractivity contribution in [2.24, 2.45) is 0 Å². The van der Waals surface area contributed by atoms with Crippen molar-refractivity contribution >= 4 is 17.7 Å². The number of likely N-dealkylation sites (N-methyl/N-ethyl adjacent to an activating group) is 1. The molecule has 0 spiro atoms. The number of carbonyl (C=O) groups is 1. The smallest absolute Gasteiger partial charge is 0.327 e. The van der Waals surface area contributed by atoms with Crippen molar-refractivity contribution in [1.82, 2.24) is 4.90 Å². The second kappa shape index (κ2) is 9.03. The van der Waals surface area contributed by atoms with E-state index in [9.17, 15) is 4.79 Å². The number of rotatable bonds is 8. The van der Waals surface area contributed by atoms with Gasteiger partial charge in [0.25, 0.3) is 0 Å². The zero-order valence-corrected chi connectivity index (χ0v) is 13.7. The van der Waals surface area contributed by atoms with Crippen LogP contribution in [0.5, 0.6) is 0 Å². The Kier molecular flexibility index (Phi) is 7.70. The molecule has 0 saturated heterocycles. The molecule has 0 saturated carbocycles. The van der Waals surface area contributed by atoms with Crippen LogP contribution in [0.2, 0.25) is 0 Å². The number of ether oxygens (including phenoxy) is 1. The fourth-order valence-corrected chi connectivity index (χ4v) is 3.18. The molecule has 0 fully saturated rings. The van der Waals surface area contributed by atoms with E-state index in [4.69, 9.17) is 4.74 Å². The number of carbonyl (C=O) groups excluding carboxylic acids is 1. The number of nitrogens with zero attached hydrogens (tertiary/aromatic N) is 1. The third kappa shape index (κ3) is 4.53. The molecule has 4 heteroatoms. The Hall–Kier alpha value is -1.00. The van der Waals surface area contributed by atoms with Gasteiger partial charge in [-0.05, 0) is 32.2 Å². The predicted molar refractivity (Wildman–Crippen MR) is 86.0 cm³/mol. The molecular formula is C16H25NO2S. The molecule has 112 valence electrons. The Bertz CT molecular complexity index is 397. The first-order valence-corrected chi connectivity index (χ1v) is 8.47. The van der Waals surface area contributed by atoms with Crippen molar-refractivity contribution in [3.8, 4) is 0 Å². The summed E-state index contributed by atoms with van der Waals surface area (Å²) in [6.07, 6.45) is 3.11. The third-order valence-corrected chi connectivity index (χ3v) is 4.16. The molecule has 20 heavy (non-hydrogen) atoms. The standard InChI is InChI=1S/C16H25NO2S/c1-5-14(12-20-4)17(3)15(16(18)19-6-2)13-10-8-7-9-11-13/h7-11,14-15H,5-6,12H2,1-4H3. The lowest BCUT2D eigenvalue weighted by Gasteiger charge is -2.33. The van der Waals surface area contributed by atoms with Crippen molar-refractivity contribution in [2.75, 3.05) is 25.7 Å². The van der Waals surface area contributed by atoms with E-state index < -0.39 is 0 Å². The van der Waals surface area contributed by atoms with Gasteiger partial charge in [-0.3, -0.25) is 4.90 Å². The summed E-state index contributed by atoms with van der Waals surface area (Å²) in [6.45, 7) is 4.42. The number of esters is 1. The van der Waals surface area contributed by atoms with Gasteiger partial charge in [-0.25, -0.2) is 4.79 Å². The van der Waals surface area contributed by atoms with Crippen LogP contribution >= 0.6 is 11.8 Å². The molecule has 0 N–H and O–H groups in total. The molecule has 1 aromatic rings. The van der Waals surface area contributed by atoms with E-state index in [0.717, 1.165) is 17.7 Å². The number of thioether (sulfide) groups is 1. The maximum Gasteiger partial charge on any atom is 0.327 e. The van der Waals surface area contributed by atoms with Crippen LogP contribution in [0, 0.1) is 0 Å². The van der Waals surface area contributed by atoms with Gasteiger partial charge in [-0.2, -0.15) is 11.8 Å². The van der Waals surface area contributed by atoms with Crippen LogP contribution in [0.15, 0.2) is 30.3 Å². The Labute approximate surface area is 126 Å². The highest BCUT2D eigenvalue weighted by Crippen LogP contribution is 2.25. The van der Waals surface area contributed by atoms with Gasteiger partial charge in [-0.15, -0.1) is 0 Å². The third-order valence-electron chi connectivity index (χ3n) is 3.44. The quantitative estimate of drug-likeness (QED) is 0.688. The largest absolute Gasteiger partial charge is 0.465 e. The fraction of sp³-hybridized carbons (Fsp3) is 0.562.